The Kier molecular flexibility index (Phi) is 9.43. The molecule has 0 radical (unpaired) electrons. The summed E-state index contributed by atoms with van der Waals surface area (Å²) in [5, 5.41) is 0. The van der Waals surface area contributed by atoms with Gasteiger partial charge in [-0.15, -0.1) is 24.8 Å². The van der Waals surface area contributed by atoms with E-state index in [1.807, 2.05) is 38.0 Å². The number of nitrogens with zero attached hydrogens (tertiary/aromatic N) is 2. The van der Waals surface area contributed by atoms with Crippen molar-refractivity contribution in [3.05, 3.63) is 33.9 Å². The smallest absolute Gasteiger partial charge is 0.193 e. The zero-order valence-corrected chi connectivity index (χ0v) is 12.2. The van der Waals surface area contributed by atoms with E-state index in [0.717, 1.165) is 0 Å². The van der Waals surface area contributed by atoms with Gasteiger partial charge in [0.25, 0.3) is 0 Å². The van der Waals surface area contributed by atoms with Crippen LogP contribution in [0.3, 0.4) is 0 Å². The third kappa shape index (κ3) is 6.07. The van der Waals surface area contributed by atoms with E-state index in [4.69, 9.17) is 4.42 Å². The summed E-state index contributed by atoms with van der Waals surface area (Å²) in [4.78, 5) is 15.8. The Labute approximate surface area is 114 Å². The summed E-state index contributed by atoms with van der Waals surface area (Å²) in [5.41, 5.74) is 1.50. The largest absolute Gasteiger partial charge is 0.472 e. The third-order valence-electron chi connectivity index (χ3n) is 1.98. The van der Waals surface area contributed by atoms with Crippen LogP contribution in [0.2, 0.25) is 0 Å². The minimum Gasteiger partial charge on any atom is -0.472 e. The summed E-state index contributed by atoms with van der Waals surface area (Å²) in [7, 11) is 7.71. The molecule has 0 spiro atoms. The molecule has 17 heavy (non-hydrogen) atoms. The first kappa shape index (κ1) is 18.8. The van der Waals surface area contributed by atoms with Crippen molar-refractivity contribution < 1.29 is 4.42 Å². The molecule has 0 aromatic carbocycles. The maximum atomic E-state index is 11.9. The molecule has 0 unspecified atom stereocenters. The molecule has 0 N–H and O–H groups in total. The normalized spacial score (nSPS) is 10.0. The van der Waals surface area contributed by atoms with Crippen molar-refractivity contribution in [2.45, 2.75) is 13.1 Å². The molecule has 0 saturated carbocycles. The minimum absolute atomic E-state index is 0. The highest BCUT2D eigenvalue weighted by Gasteiger charge is 2.08. The van der Waals surface area contributed by atoms with Crippen molar-refractivity contribution in [3.63, 3.8) is 0 Å². The topological polar surface area (TPSA) is 36.7 Å². The van der Waals surface area contributed by atoms with Gasteiger partial charge in [0.1, 0.15) is 0 Å². The van der Waals surface area contributed by atoms with E-state index >= 15 is 0 Å². The van der Waals surface area contributed by atoms with Gasteiger partial charge >= 0.3 is 0 Å². The Morgan fingerprint density at radius 2 is 1.29 bits per heavy atom. The molecule has 0 bridgehead atoms. The maximum Gasteiger partial charge on any atom is 0.193 e. The van der Waals surface area contributed by atoms with Crippen LogP contribution in [0.15, 0.2) is 21.7 Å². The van der Waals surface area contributed by atoms with Gasteiger partial charge in [-0.25, -0.2) is 0 Å². The van der Waals surface area contributed by atoms with Gasteiger partial charge in [-0.05, 0) is 28.2 Å². The highest BCUT2D eigenvalue weighted by Crippen LogP contribution is 2.01. The SMILES string of the molecule is CN(C)Cc1cocc(CN(C)C)c1=O.Cl.Cl. The van der Waals surface area contributed by atoms with Crippen LogP contribution >= 0.6 is 24.8 Å². The zero-order chi connectivity index (χ0) is 11.4. The van der Waals surface area contributed by atoms with E-state index in [1.54, 1.807) is 0 Å². The van der Waals surface area contributed by atoms with Gasteiger partial charge in [0.15, 0.2) is 5.43 Å². The second kappa shape index (κ2) is 8.53. The maximum absolute atomic E-state index is 11.9. The Morgan fingerprint density at radius 1 is 0.941 bits per heavy atom. The van der Waals surface area contributed by atoms with E-state index < -0.39 is 0 Å². The molecule has 100 valence electrons. The molecule has 0 aliphatic heterocycles. The number of hydrogen-bond donors (Lipinski definition) is 0. The molecule has 1 rings (SSSR count). The fourth-order valence-electron chi connectivity index (χ4n) is 1.41. The van der Waals surface area contributed by atoms with Crippen molar-refractivity contribution in [3.8, 4) is 0 Å². The monoisotopic (exact) mass is 282 g/mol. The van der Waals surface area contributed by atoms with Crippen LogP contribution in [0, 0.1) is 0 Å². The number of hydrogen-bond acceptors (Lipinski definition) is 4. The molecule has 0 fully saturated rings. The first-order valence-electron chi connectivity index (χ1n) is 4.88. The van der Waals surface area contributed by atoms with Crippen LogP contribution in [0.4, 0.5) is 0 Å². The van der Waals surface area contributed by atoms with Crippen molar-refractivity contribution in [2.75, 3.05) is 28.2 Å². The van der Waals surface area contributed by atoms with Gasteiger partial charge < -0.3 is 14.2 Å². The van der Waals surface area contributed by atoms with Gasteiger partial charge in [0.05, 0.1) is 12.5 Å². The van der Waals surface area contributed by atoms with E-state index in [0.29, 0.717) is 24.2 Å². The van der Waals surface area contributed by atoms with Crippen LogP contribution in [0.25, 0.3) is 0 Å². The van der Waals surface area contributed by atoms with E-state index in [9.17, 15) is 4.79 Å². The Balaban J connectivity index is 0. The molecule has 1 heterocycles. The number of rotatable bonds is 4. The fraction of sp³-hybridized carbons (Fsp3) is 0.545. The summed E-state index contributed by atoms with van der Waals surface area (Å²) in [6, 6.07) is 0. The summed E-state index contributed by atoms with van der Waals surface area (Å²) < 4.78 is 5.17. The fourth-order valence-corrected chi connectivity index (χ4v) is 1.41. The predicted molar refractivity (Wildman–Crippen MR) is 74.3 cm³/mol. The standard InChI is InChI=1S/C11H18N2O2.2ClH/c1-12(2)5-9-7-15-8-10(11(9)14)6-13(3)4;;/h7-8H,5-6H2,1-4H3;2*1H. The van der Waals surface area contributed by atoms with Gasteiger partial charge in [-0.2, -0.15) is 0 Å². The lowest BCUT2D eigenvalue weighted by Gasteiger charge is -2.11. The first-order chi connectivity index (χ1) is 7.00. The van der Waals surface area contributed by atoms with Crippen LogP contribution < -0.4 is 5.43 Å². The molecular formula is C11H20Cl2N2O2. The number of halogens is 2. The first-order valence-corrected chi connectivity index (χ1v) is 4.88. The van der Waals surface area contributed by atoms with Crippen molar-refractivity contribution in [2.24, 2.45) is 0 Å². The average molecular weight is 283 g/mol. The molecule has 1 aromatic rings. The van der Waals surface area contributed by atoms with E-state index in [2.05, 4.69) is 0 Å². The van der Waals surface area contributed by atoms with Crippen LogP contribution in [-0.4, -0.2) is 38.0 Å². The Bertz CT molecular complexity index is 347. The third-order valence-corrected chi connectivity index (χ3v) is 1.98. The Morgan fingerprint density at radius 3 is 1.59 bits per heavy atom. The lowest BCUT2D eigenvalue weighted by atomic mass is 10.2. The zero-order valence-electron chi connectivity index (χ0n) is 10.6. The minimum atomic E-state index is 0. The molecule has 0 amide bonds. The van der Waals surface area contributed by atoms with Gasteiger partial charge in [0, 0.05) is 24.2 Å². The van der Waals surface area contributed by atoms with E-state index in [1.165, 1.54) is 12.5 Å². The summed E-state index contributed by atoms with van der Waals surface area (Å²) in [5.74, 6) is 0. The van der Waals surface area contributed by atoms with Crippen LogP contribution in [0.5, 0.6) is 0 Å². The lowest BCUT2D eigenvalue weighted by Crippen LogP contribution is -2.23. The van der Waals surface area contributed by atoms with Crippen LogP contribution in [0.1, 0.15) is 11.1 Å². The van der Waals surface area contributed by atoms with Crippen LogP contribution in [-0.2, 0) is 13.1 Å². The lowest BCUT2D eigenvalue weighted by molar-refractivity contribution is 0.377. The molecule has 0 aliphatic rings. The molecule has 0 saturated heterocycles. The molecular weight excluding hydrogens is 263 g/mol. The summed E-state index contributed by atoms with van der Waals surface area (Å²) in [6.07, 6.45) is 3.06. The summed E-state index contributed by atoms with van der Waals surface area (Å²) in [6.45, 7) is 1.23. The highest BCUT2D eigenvalue weighted by molar-refractivity contribution is 5.85. The van der Waals surface area contributed by atoms with Gasteiger partial charge in [-0.3, -0.25) is 4.79 Å². The highest BCUT2D eigenvalue weighted by atomic mass is 35.5. The molecule has 0 atom stereocenters. The Hall–Kier alpha value is -0.550. The summed E-state index contributed by atoms with van der Waals surface area (Å²) >= 11 is 0. The molecule has 6 heteroatoms. The van der Waals surface area contributed by atoms with Crippen molar-refractivity contribution >= 4 is 24.8 Å². The molecule has 0 aliphatic carbocycles. The van der Waals surface area contributed by atoms with Gasteiger partial charge in [0.2, 0.25) is 0 Å². The van der Waals surface area contributed by atoms with Crippen molar-refractivity contribution in [1.29, 1.82) is 0 Å². The van der Waals surface area contributed by atoms with Crippen molar-refractivity contribution in [1.82, 2.24) is 9.80 Å². The van der Waals surface area contributed by atoms with Gasteiger partial charge in [-0.1, -0.05) is 0 Å². The second-order valence-electron chi connectivity index (χ2n) is 4.23. The predicted octanol–water partition coefficient (Wildman–Crippen LogP) is 1.61. The average Bonchev–Trinajstić information content (AvgIpc) is 2.10. The van der Waals surface area contributed by atoms with E-state index in [-0.39, 0.29) is 30.2 Å². The quantitative estimate of drug-likeness (QED) is 0.841. The molecule has 4 nitrogen and oxygen atoms in total. The second-order valence-corrected chi connectivity index (χ2v) is 4.23. The molecule has 1 aromatic heterocycles.